The van der Waals surface area contributed by atoms with Gasteiger partial charge in [0.05, 0.1) is 12.2 Å². The molecule has 124 valence electrons. The van der Waals surface area contributed by atoms with Crippen molar-refractivity contribution in [1.29, 1.82) is 0 Å². The number of halogens is 1. The minimum Gasteiger partial charge on any atom is -0.483 e. The van der Waals surface area contributed by atoms with Crippen LogP contribution in [0.5, 0.6) is 5.75 Å². The maximum absolute atomic E-state index is 10.8. The van der Waals surface area contributed by atoms with Crippen LogP contribution < -0.4 is 10.1 Å². The second kappa shape index (κ2) is 7.37. The quantitative estimate of drug-likeness (QED) is 0.651. The first-order chi connectivity index (χ1) is 11.6. The fourth-order valence-electron chi connectivity index (χ4n) is 2.01. The van der Waals surface area contributed by atoms with E-state index in [1.165, 1.54) is 17.4 Å². The van der Waals surface area contributed by atoms with Gasteiger partial charge >= 0.3 is 5.97 Å². The van der Waals surface area contributed by atoms with E-state index < -0.39 is 5.97 Å². The highest BCUT2D eigenvalue weighted by molar-refractivity contribution is 7.15. The lowest BCUT2D eigenvalue weighted by Crippen LogP contribution is -2.02. The van der Waals surface area contributed by atoms with E-state index in [0.29, 0.717) is 22.5 Å². The average Bonchev–Trinajstić information content (AvgIpc) is 3.21. The summed E-state index contributed by atoms with van der Waals surface area (Å²) in [5.41, 5.74) is 0.812. The summed E-state index contributed by atoms with van der Waals surface area (Å²) in [7, 11) is 0. The van der Waals surface area contributed by atoms with Crippen molar-refractivity contribution < 1.29 is 19.1 Å². The molecule has 2 N–H and O–H groups in total. The second-order valence-electron chi connectivity index (χ2n) is 4.79. The fourth-order valence-corrected chi connectivity index (χ4v) is 2.92. The van der Waals surface area contributed by atoms with Crippen molar-refractivity contribution in [3.63, 3.8) is 0 Å². The summed E-state index contributed by atoms with van der Waals surface area (Å²) in [6.07, 6.45) is 1.72. The molecule has 0 aliphatic heterocycles. The van der Waals surface area contributed by atoms with Gasteiger partial charge in [-0.25, -0.2) is 9.78 Å². The Balaban J connectivity index is 1.63. The molecule has 2 aromatic heterocycles. The molecule has 0 unspecified atom stereocenters. The predicted molar refractivity (Wildman–Crippen MR) is 90.9 cm³/mol. The van der Waals surface area contributed by atoms with Crippen molar-refractivity contribution in [1.82, 2.24) is 4.98 Å². The minimum atomic E-state index is -1.11. The number of nitrogens with zero attached hydrogens (tertiary/aromatic N) is 1. The van der Waals surface area contributed by atoms with Crippen molar-refractivity contribution in [3.8, 4) is 5.75 Å². The van der Waals surface area contributed by atoms with Gasteiger partial charge in [-0.05, 0) is 24.3 Å². The Labute approximate surface area is 146 Å². The number of thiazole rings is 1. The van der Waals surface area contributed by atoms with E-state index in [4.69, 9.17) is 25.9 Å². The van der Waals surface area contributed by atoms with Crippen molar-refractivity contribution >= 4 is 34.6 Å². The van der Waals surface area contributed by atoms with Crippen LogP contribution in [0.2, 0.25) is 4.47 Å². The van der Waals surface area contributed by atoms with Crippen LogP contribution in [0.3, 0.4) is 0 Å². The standard InChI is InChI=1S/C16H13ClN2O4S/c17-16-19-8-11(24-16)7-18-12-3-1-2-4-13(12)22-9-10-5-6-14(23-10)15(20)21/h1-6,8,18H,7,9H2,(H,20,21). The van der Waals surface area contributed by atoms with Crippen LogP contribution in [-0.2, 0) is 13.2 Å². The van der Waals surface area contributed by atoms with E-state index >= 15 is 0 Å². The molecule has 0 radical (unpaired) electrons. The van der Waals surface area contributed by atoms with E-state index in [2.05, 4.69) is 10.3 Å². The first-order valence-electron chi connectivity index (χ1n) is 7.00. The van der Waals surface area contributed by atoms with Crippen LogP contribution >= 0.6 is 22.9 Å². The minimum absolute atomic E-state index is 0.109. The summed E-state index contributed by atoms with van der Waals surface area (Å²) < 4.78 is 11.4. The lowest BCUT2D eigenvalue weighted by Gasteiger charge is -2.11. The van der Waals surface area contributed by atoms with Crippen molar-refractivity contribution in [3.05, 3.63) is 63.5 Å². The number of benzene rings is 1. The van der Waals surface area contributed by atoms with Crippen molar-refractivity contribution in [2.24, 2.45) is 0 Å². The first kappa shape index (κ1) is 16.4. The Kier molecular flexibility index (Phi) is 5.02. The number of rotatable bonds is 7. The molecule has 0 saturated carbocycles. The van der Waals surface area contributed by atoms with Gasteiger partial charge in [-0.3, -0.25) is 0 Å². The molecule has 0 aliphatic rings. The van der Waals surface area contributed by atoms with E-state index in [9.17, 15) is 4.79 Å². The number of carbonyl (C=O) groups is 1. The van der Waals surface area contributed by atoms with Gasteiger partial charge in [0.25, 0.3) is 0 Å². The zero-order valence-electron chi connectivity index (χ0n) is 12.4. The molecule has 3 rings (SSSR count). The van der Waals surface area contributed by atoms with Crippen LogP contribution in [0.4, 0.5) is 5.69 Å². The maximum Gasteiger partial charge on any atom is 0.371 e. The Morgan fingerprint density at radius 2 is 2.17 bits per heavy atom. The number of aromatic nitrogens is 1. The number of nitrogens with one attached hydrogen (secondary N) is 1. The van der Waals surface area contributed by atoms with E-state index in [0.717, 1.165) is 10.6 Å². The first-order valence-corrected chi connectivity index (χ1v) is 8.19. The third-order valence-electron chi connectivity index (χ3n) is 3.11. The molecule has 24 heavy (non-hydrogen) atoms. The Morgan fingerprint density at radius 3 is 2.88 bits per heavy atom. The molecule has 6 nitrogen and oxygen atoms in total. The molecule has 0 amide bonds. The average molecular weight is 365 g/mol. The fraction of sp³-hybridized carbons (Fsp3) is 0.125. The number of aromatic carboxylic acids is 1. The SMILES string of the molecule is O=C(O)c1ccc(COc2ccccc2NCc2cnc(Cl)s2)o1. The summed E-state index contributed by atoms with van der Waals surface area (Å²) in [4.78, 5) is 15.8. The largest absolute Gasteiger partial charge is 0.483 e. The summed E-state index contributed by atoms with van der Waals surface area (Å²) in [5.74, 6) is -0.133. The van der Waals surface area contributed by atoms with Gasteiger partial charge in [0.15, 0.2) is 4.47 Å². The van der Waals surface area contributed by atoms with Crippen LogP contribution in [0.15, 0.2) is 47.0 Å². The second-order valence-corrected chi connectivity index (χ2v) is 6.49. The summed E-state index contributed by atoms with van der Waals surface area (Å²) in [5, 5.41) is 12.1. The van der Waals surface area contributed by atoms with Crippen LogP contribution in [0.25, 0.3) is 0 Å². The number of furan rings is 1. The highest BCUT2D eigenvalue weighted by atomic mass is 35.5. The number of hydrogen-bond donors (Lipinski definition) is 2. The molecule has 2 heterocycles. The van der Waals surface area contributed by atoms with Gasteiger partial charge in [0.1, 0.15) is 18.1 Å². The van der Waals surface area contributed by atoms with Gasteiger partial charge in [-0.15, -0.1) is 11.3 Å². The topological polar surface area (TPSA) is 84.6 Å². The lowest BCUT2D eigenvalue weighted by molar-refractivity contribution is 0.0658. The smallest absolute Gasteiger partial charge is 0.371 e. The Hall–Kier alpha value is -2.51. The van der Waals surface area contributed by atoms with Crippen molar-refractivity contribution in [2.45, 2.75) is 13.2 Å². The number of anilines is 1. The Bertz CT molecular complexity index is 846. The zero-order valence-corrected chi connectivity index (χ0v) is 13.9. The summed E-state index contributed by atoms with van der Waals surface area (Å²) in [6.45, 7) is 0.715. The van der Waals surface area contributed by atoms with Gasteiger partial charge in [0, 0.05) is 11.1 Å². The van der Waals surface area contributed by atoms with Crippen molar-refractivity contribution in [2.75, 3.05) is 5.32 Å². The van der Waals surface area contributed by atoms with Gasteiger partial charge < -0.3 is 19.6 Å². The molecule has 0 aliphatic carbocycles. The molecule has 0 spiro atoms. The molecule has 0 atom stereocenters. The Morgan fingerprint density at radius 1 is 1.33 bits per heavy atom. The summed E-state index contributed by atoms with van der Waals surface area (Å²) in [6, 6.07) is 10.4. The number of hydrogen-bond acceptors (Lipinski definition) is 6. The molecule has 1 aromatic carbocycles. The highest BCUT2D eigenvalue weighted by Gasteiger charge is 2.10. The predicted octanol–water partition coefficient (Wildman–Crippen LogP) is 4.28. The molecule has 0 bridgehead atoms. The number of para-hydroxylation sites is 2. The molecule has 0 fully saturated rings. The molecular formula is C16H13ClN2O4S. The van der Waals surface area contributed by atoms with Gasteiger partial charge in [-0.1, -0.05) is 23.7 Å². The van der Waals surface area contributed by atoms with Crippen LogP contribution in [0.1, 0.15) is 21.2 Å². The number of carboxylic acids is 1. The molecule has 3 aromatic rings. The molecule has 0 saturated heterocycles. The highest BCUT2D eigenvalue weighted by Crippen LogP contribution is 2.27. The zero-order chi connectivity index (χ0) is 16.9. The monoisotopic (exact) mass is 364 g/mol. The van der Waals surface area contributed by atoms with Gasteiger partial charge in [-0.2, -0.15) is 0 Å². The van der Waals surface area contributed by atoms with E-state index in [1.54, 1.807) is 12.3 Å². The normalized spacial score (nSPS) is 10.5. The summed E-state index contributed by atoms with van der Waals surface area (Å²) >= 11 is 7.23. The van der Waals surface area contributed by atoms with Gasteiger partial charge in [0.2, 0.25) is 5.76 Å². The van der Waals surface area contributed by atoms with E-state index in [1.807, 2.05) is 24.3 Å². The third-order valence-corrected chi connectivity index (χ3v) is 4.22. The van der Waals surface area contributed by atoms with Crippen LogP contribution in [-0.4, -0.2) is 16.1 Å². The molecule has 8 heteroatoms. The lowest BCUT2D eigenvalue weighted by atomic mass is 10.3. The third kappa shape index (κ3) is 4.06. The number of carboxylic acid groups (broad SMARTS) is 1. The number of ether oxygens (including phenoxy) is 1. The maximum atomic E-state index is 10.8. The van der Waals surface area contributed by atoms with E-state index in [-0.39, 0.29) is 12.4 Å². The van der Waals surface area contributed by atoms with Crippen LogP contribution in [0, 0.1) is 0 Å². The molecular weight excluding hydrogens is 352 g/mol.